The molecule has 0 spiro atoms. The fourth-order valence-corrected chi connectivity index (χ4v) is 3.67. The summed E-state index contributed by atoms with van der Waals surface area (Å²) in [4.78, 5) is 16.9. The molecule has 28 heavy (non-hydrogen) atoms. The van der Waals surface area contributed by atoms with Crippen LogP contribution in [0.1, 0.15) is 33.1 Å². The van der Waals surface area contributed by atoms with Gasteiger partial charge in [-0.15, -0.1) is 0 Å². The zero-order chi connectivity index (χ0) is 19.8. The molecule has 1 aliphatic rings. The van der Waals surface area contributed by atoms with Gasteiger partial charge >= 0.3 is 0 Å². The molecular weight excluding hydrogens is 348 g/mol. The predicted octanol–water partition coefficient (Wildman–Crippen LogP) is 4.57. The Morgan fingerprint density at radius 3 is 2.11 bits per heavy atom. The number of amides is 1. The van der Waals surface area contributed by atoms with Crippen LogP contribution in [0.25, 0.3) is 0 Å². The monoisotopic (exact) mass is 380 g/mol. The van der Waals surface area contributed by atoms with Crippen molar-refractivity contribution in [3.63, 3.8) is 0 Å². The van der Waals surface area contributed by atoms with E-state index in [4.69, 9.17) is 0 Å². The molecule has 1 amide bonds. The summed E-state index contributed by atoms with van der Waals surface area (Å²) >= 11 is 0. The molecule has 0 bridgehead atoms. The molecule has 2 N–H and O–H groups in total. The van der Waals surface area contributed by atoms with Crippen LogP contribution in [0.3, 0.4) is 0 Å². The third kappa shape index (κ3) is 5.41. The van der Waals surface area contributed by atoms with Crippen molar-refractivity contribution in [2.45, 2.75) is 33.1 Å². The van der Waals surface area contributed by atoms with E-state index in [1.165, 1.54) is 30.6 Å². The van der Waals surface area contributed by atoms with Gasteiger partial charge in [0.2, 0.25) is 5.91 Å². The Morgan fingerprint density at radius 2 is 1.50 bits per heavy atom. The van der Waals surface area contributed by atoms with E-state index in [1.807, 2.05) is 12.1 Å². The second kappa shape index (κ2) is 10.0. The van der Waals surface area contributed by atoms with Crippen LogP contribution in [0, 0.1) is 0 Å². The van der Waals surface area contributed by atoms with E-state index >= 15 is 0 Å². The van der Waals surface area contributed by atoms with Gasteiger partial charge < -0.3 is 20.4 Å². The Kier molecular flexibility index (Phi) is 7.18. The van der Waals surface area contributed by atoms with E-state index in [1.54, 1.807) is 0 Å². The number of nitrogens with one attached hydrogen (secondary N) is 2. The van der Waals surface area contributed by atoms with Crippen molar-refractivity contribution >= 4 is 28.7 Å². The molecule has 2 aromatic rings. The number of anilines is 4. The van der Waals surface area contributed by atoms with Crippen molar-refractivity contribution in [2.24, 2.45) is 0 Å². The van der Waals surface area contributed by atoms with E-state index in [2.05, 4.69) is 70.7 Å². The quantitative estimate of drug-likeness (QED) is 0.704. The smallest absolute Gasteiger partial charge is 0.243 e. The third-order valence-corrected chi connectivity index (χ3v) is 5.32. The molecule has 0 aromatic heterocycles. The van der Waals surface area contributed by atoms with Crippen LogP contribution in [-0.4, -0.2) is 38.6 Å². The van der Waals surface area contributed by atoms with E-state index < -0.39 is 0 Å². The first kappa shape index (κ1) is 20.1. The minimum Gasteiger partial charge on any atom is -0.376 e. The Morgan fingerprint density at radius 1 is 0.893 bits per heavy atom. The number of carbonyl (C=O) groups is 1. The molecule has 1 saturated heterocycles. The molecule has 0 aliphatic carbocycles. The highest BCUT2D eigenvalue weighted by Crippen LogP contribution is 2.22. The lowest BCUT2D eigenvalue weighted by atomic mass is 10.1. The number of benzene rings is 2. The highest BCUT2D eigenvalue weighted by molar-refractivity contribution is 5.93. The summed E-state index contributed by atoms with van der Waals surface area (Å²) in [6, 6.07) is 16.4. The van der Waals surface area contributed by atoms with Crippen LogP contribution in [0.4, 0.5) is 22.7 Å². The molecule has 1 aliphatic heterocycles. The van der Waals surface area contributed by atoms with Gasteiger partial charge in [-0.2, -0.15) is 0 Å². The molecule has 5 nitrogen and oxygen atoms in total. The number of nitrogens with zero attached hydrogens (tertiary/aromatic N) is 2. The molecule has 1 heterocycles. The van der Waals surface area contributed by atoms with Crippen LogP contribution in [-0.2, 0) is 4.79 Å². The van der Waals surface area contributed by atoms with Crippen molar-refractivity contribution in [1.82, 2.24) is 0 Å². The molecule has 150 valence electrons. The van der Waals surface area contributed by atoms with E-state index in [-0.39, 0.29) is 12.5 Å². The zero-order valence-corrected chi connectivity index (χ0v) is 17.1. The van der Waals surface area contributed by atoms with E-state index in [0.29, 0.717) is 0 Å². The highest BCUT2D eigenvalue weighted by Gasteiger charge is 2.10. The first-order chi connectivity index (χ1) is 13.7. The predicted molar refractivity (Wildman–Crippen MR) is 120 cm³/mol. The van der Waals surface area contributed by atoms with Crippen LogP contribution in [0.15, 0.2) is 48.5 Å². The average molecular weight is 381 g/mol. The van der Waals surface area contributed by atoms with Gasteiger partial charge in [-0.05, 0) is 81.6 Å². The van der Waals surface area contributed by atoms with Gasteiger partial charge in [0, 0.05) is 48.9 Å². The molecule has 5 heteroatoms. The topological polar surface area (TPSA) is 47.6 Å². The Balaban J connectivity index is 1.47. The van der Waals surface area contributed by atoms with Crippen molar-refractivity contribution in [3.05, 3.63) is 48.5 Å². The number of hydrogen-bond acceptors (Lipinski definition) is 4. The Hall–Kier alpha value is -2.69. The summed E-state index contributed by atoms with van der Waals surface area (Å²) in [6.45, 7) is 8.77. The van der Waals surface area contributed by atoms with Crippen molar-refractivity contribution in [3.8, 4) is 0 Å². The first-order valence-electron chi connectivity index (χ1n) is 10.4. The van der Waals surface area contributed by atoms with Crippen LogP contribution in [0.5, 0.6) is 0 Å². The first-order valence-corrected chi connectivity index (χ1v) is 10.4. The fourth-order valence-electron chi connectivity index (χ4n) is 3.67. The SMILES string of the molecule is CCN(CC)c1ccc(NC(=O)CNc2ccc(N3CCCCC3)cc2)cc1. The lowest BCUT2D eigenvalue weighted by Crippen LogP contribution is -2.29. The zero-order valence-electron chi connectivity index (χ0n) is 17.1. The van der Waals surface area contributed by atoms with Gasteiger partial charge in [0.15, 0.2) is 0 Å². The van der Waals surface area contributed by atoms with E-state index in [0.717, 1.165) is 37.6 Å². The van der Waals surface area contributed by atoms with Gasteiger partial charge in [-0.1, -0.05) is 0 Å². The van der Waals surface area contributed by atoms with Crippen LogP contribution in [0.2, 0.25) is 0 Å². The second-order valence-corrected chi connectivity index (χ2v) is 7.22. The summed E-state index contributed by atoms with van der Waals surface area (Å²) in [5.41, 5.74) is 4.23. The van der Waals surface area contributed by atoms with Gasteiger partial charge in [-0.25, -0.2) is 0 Å². The van der Waals surface area contributed by atoms with Gasteiger partial charge in [0.1, 0.15) is 0 Å². The lowest BCUT2D eigenvalue weighted by Gasteiger charge is -2.28. The molecule has 1 fully saturated rings. The largest absolute Gasteiger partial charge is 0.376 e. The van der Waals surface area contributed by atoms with E-state index in [9.17, 15) is 4.79 Å². The standard InChI is InChI=1S/C23H32N4O/c1-3-26(4-2)21-14-10-20(11-15-21)25-23(28)18-24-19-8-12-22(13-9-19)27-16-6-5-7-17-27/h8-15,24H,3-7,16-18H2,1-2H3,(H,25,28). The molecular formula is C23H32N4O. The molecule has 0 unspecified atom stereocenters. The Bertz CT molecular complexity index is 732. The van der Waals surface area contributed by atoms with Gasteiger partial charge in [-0.3, -0.25) is 4.79 Å². The normalized spacial score (nSPS) is 13.9. The van der Waals surface area contributed by atoms with Crippen molar-refractivity contribution in [2.75, 3.05) is 53.2 Å². The lowest BCUT2D eigenvalue weighted by molar-refractivity contribution is -0.114. The molecule has 0 saturated carbocycles. The minimum atomic E-state index is -0.0457. The van der Waals surface area contributed by atoms with Gasteiger partial charge in [0.25, 0.3) is 0 Å². The summed E-state index contributed by atoms with van der Waals surface area (Å²) < 4.78 is 0. The Labute approximate surface area is 168 Å². The molecule has 0 radical (unpaired) electrons. The maximum absolute atomic E-state index is 12.2. The summed E-state index contributed by atoms with van der Waals surface area (Å²) in [5, 5.41) is 6.15. The minimum absolute atomic E-state index is 0.0457. The maximum Gasteiger partial charge on any atom is 0.243 e. The molecule has 0 atom stereocenters. The van der Waals surface area contributed by atoms with Crippen LogP contribution >= 0.6 is 0 Å². The van der Waals surface area contributed by atoms with Crippen molar-refractivity contribution < 1.29 is 4.79 Å². The summed E-state index contributed by atoms with van der Waals surface area (Å²) in [5.74, 6) is -0.0457. The third-order valence-electron chi connectivity index (χ3n) is 5.32. The number of piperidine rings is 1. The fraction of sp³-hybridized carbons (Fsp3) is 0.435. The number of hydrogen-bond donors (Lipinski definition) is 2. The number of rotatable bonds is 8. The van der Waals surface area contributed by atoms with Crippen LogP contribution < -0.4 is 20.4 Å². The molecule has 3 rings (SSSR count). The molecule has 2 aromatic carbocycles. The summed E-state index contributed by atoms with van der Waals surface area (Å²) in [6.07, 6.45) is 3.88. The average Bonchev–Trinajstić information content (AvgIpc) is 2.75. The van der Waals surface area contributed by atoms with Crippen molar-refractivity contribution in [1.29, 1.82) is 0 Å². The maximum atomic E-state index is 12.2. The summed E-state index contributed by atoms with van der Waals surface area (Å²) in [7, 11) is 0. The highest BCUT2D eigenvalue weighted by atomic mass is 16.1. The van der Waals surface area contributed by atoms with Gasteiger partial charge in [0.05, 0.1) is 6.54 Å². The second-order valence-electron chi connectivity index (χ2n) is 7.22. The number of carbonyl (C=O) groups excluding carboxylic acids is 1.